The van der Waals surface area contributed by atoms with Crippen molar-refractivity contribution in [2.24, 2.45) is 0 Å². The van der Waals surface area contributed by atoms with Gasteiger partial charge in [-0.2, -0.15) is 0 Å². The maximum absolute atomic E-state index is 14.1. The summed E-state index contributed by atoms with van der Waals surface area (Å²) in [7, 11) is -4.27. The van der Waals surface area contributed by atoms with Crippen molar-refractivity contribution in [3.05, 3.63) is 92.4 Å². The molecule has 3 aromatic rings. The van der Waals surface area contributed by atoms with Crippen molar-refractivity contribution < 1.29 is 18.0 Å². The van der Waals surface area contributed by atoms with Gasteiger partial charge in [0.25, 0.3) is 10.0 Å². The molecule has 0 aliphatic heterocycles. The van der Waals surface area contributed by atoms with Crippen LogP contribution < -0.4 is 9.62 Å². The predicted molar refractivity (Wildman–Crippen MR) is 169 cm³/mol. The lowest BCUT2D eigenvalue weighted by atomic mass is 9.95. The fourth-order valence-electron chi connectivity index (χ4n) is 4.90. The summed E-state index contributed by atoms with van der Waals surface area (Å²) in [6.07, 6.45) is 4.92. The Kier molecular flexibility index (Phi) is 11.1. The predicted octanol–water partition coefficient (Wildman–Crippen LogP) is 7.36. The summed E-state index contributed by atoms with van der Waals surface area (Å²) in [5, 5.41) is 3.81. The lowest BCUT2D eigenvalue weighted by molar-refractivity contribution is -0.139. The summed E-state index contributed by atoms with van der Waals surface area (Å²) in [4.78, 5) is 28.8. The minimum Gasteiger partial charge on any atom is -0.352 e. The molecule has 0 saturated heterocycles. The van der Waals surface area contributed by atoms with Crippen LogP contribution in [0.3, 0.4) is 0 Å². The van der Waals surface area contributed by atoms with Crippen molar-refractivity contribution in [1.82, 2.24) is 10.2 Å². The Morgan fingerprint density at radius 1 is 0.881 bits per heavy atom. The van der Waals surface area contributed by atoms with Gasteiger partial charge in [-0.3, -0.25) is 13.9 Å². The number of carbonyl (C=O) groups excluding carboxylic acids is 2. The van der Waals surface area contributed by atoms with Crippen LogP contribution in [0, 0.1) is 0 Å². The van der Waals surface area contributed by atoms with E-state index in [1.165, 1.54) is 29.2 Å². The average Bonchev–Trinajstić information content (AvgIpc) is 2.98. The van der Waals surface area contributed by atoms with Crippen LogP contribution >= 0.6 is 46.4 Å². The highest BCUT2D eigenvalue weighted by molar-refractivity contribution is 7.92. The van der Waals surface area contributed by atoms with Gasteiger partial charge in [0, 0.05) is 12.6 Å². The molecule has 3 aromatic carbocycles. The normalized spacial score (nSPS) is 14.7. The fraction of sp³-hybridized carbons (Fsp3) is 0.333. The Morgan fingerprint density at radius 2 is 1.57 bits per heavy atom. The number of nitrogens with zero attached hydrogens (tertiary/aromatic N) is 2. The van der Waals surface area contributed by atoms with Crippen LogP contribution in [0.5, 0.6) is 0 Å². The lowest BCUT2D eigenvalue weighted by Crippen LogP contribution is -2.53. The van der Waals surface area contributed by atoms with Crippen molar-refractivity contribution in [2.75, 3.05) is 10.8 Å². The minimum absolute atomic E-state index is 0.0164. The van der Waals surface area contributed by atoms with E-state index in [1.54, 1.807) is 49.4 Å². The molecule has 0 radical (unpaired) electrons. The van der Waals surface area contributed by atoms with Crippen molar-refractivity contribution in [1.29, 1.82) is 0 Å². The van der Waals surface area contributed by atoms with Crippen molar-refractivity contribution >= 4 is 73.9 Å². The molecule has 0 unspecified atom stereocenters. The Balaban J connectivity index is 1.71. The van der Waals surface area contributed by atoms with Crippen LogP contribution in [0.4, 0.5) is 5.69 Å². The third-order valence-corrected chi connectivity index (χ3v) is 10.6. The van der Waals surface area contributed by atoms with E-state index in [0.717, 1.165) is 36.4 Å². The topological polar surface area (TPSA) is 86.8 Å². The first-order chi connectivity index (χ1) is 20.0. The van der Waals surface area contributed by atoms with E-state index in [9.17, 15) is 18.0 Å². The Hall–Kier alpha value is -2.49. The van der Waals surface area contributed by atoms with Gasteiger partial charge in [-0.25, -0.2) is 8.42 Å². The van der Waals surface area contributed by atoms with Crippen molar-refractivity contribution in [3.8, 4) is 0 Å². The molecule has 1 N–H and O–H groups in total. The highest BCUT2D eigenvalue weighted by Gasteiger charge is 2.34. The number of hydrogen-bond donors (Lipinski definition) is 1. The number of halogens is 4. The van der Waals surface area contributed by atoms with Gasteiger partial charge in [0.05, 0.1) is 30.7 Å². The van der Waals surface area contributed by atoms with E-state index < -0.39 is 28.5 Å². The summed E-state index contributed by atoms with van der Waals surface area (Å²) in [5.41, 5.74) is 0.656. The van der Waals surface area contributed by atoms with Crippen LogP contribution in [0.15, 0.2) is 71.6 Å². The Labute approximate surface area is 266 Å². The van der Waals surface area contributed by atoms with Gasteiger partial charge in [-0.15, -0.1) is 0 Å². The van der Waals surface area contributed by atoms with Gasteiger partial charge in [-0.1, -0.05) is 96.0 Å². The molecular weight excluding hydrogens is 640 g/mol. The number of benzene rings is 3. The SMILES string of the molecule is C[C@@H](C(=O)NC1CCCCC1)N(Cc1ccc(Cl)c(Cl)c1)C(=O)CN(c1cccc(Cl)c1Cl)S(=O)(=O)c1ccccc1. The highest BCUT2D eigenvalue weighted by atomic mass is 35.5. The molecule has 1 fully saturated rings. The van der Waals surface area contributed by atoms with E-state index in [-0.39, 0.29) is 39.1 Å². The fourth-order valence-corrected chi connectivity index (χ4v) is 7.12. The molecule has 1 aliphatic rings. The average molecular weight is 671 g/mol. The van der Waals surface area contributed by atoms with E-state index in [0.29, 0.717) is 15.6 Å². The van der Waals surface area contributed by atoms with Crippen LogP contribution in [0.2, 0.25) is 20.1 Å². The van der Waals surface area contributed by atoms with Gasteiger partial charge < -0.3 is 10.2 Å². The third-order valence-electron chi connectivity index (χ3n) is 7.27. The summed E-state index contributed by atoms with van der Waals surface area (Å²) in [6.45, 7) is 0.965. The molecule has 12 heteroatoms. The van der Waals surface area contributed by atoms with Crippen molar-refractivity contribution in [3.63, 3.8) is 0 Å². The van der Waals surface area contributed by atoms with E-state index in [1.807, 2.05) is 0 Å². The zero-order valence-corrected chi connectivity index (χ0v) is 26.7. The number of hydrogen-bond acceptors (Lipinski definition) is 4. The smallest absolute Gasteiger partial charge is 0.264 e. The second-order valence-corrected chi connectivity index (χ2v) is 13.6. The monoisotopic (exact) mass is 669 g/mol. The van der Waals surface area contributed by atoms with Crippen LogP contribution in [0.1, 0.15) is 44.6 Å². The van der Waals surface area contributed by atoms with Crippen molar-refractivity contribution in [2.45, 2.75) is 62.6 Å². The molecule has 2 amide bonds. The summed E-state index contributed by atoms with van der Waals surface area (Å²) >= 11 is 25.1. The van der Waals surface area contributed by atoms with Crippen LogP contribution in [-0.2, 0) is 26.2 Å². The highest BCUT2D eigenvalue weighted by Crippen LogP contribution is 2.35. The maximum atomic E-state index is 14.1. The quantitative estimate of drug-likeness (QED) is 0.244. The molecule has 0 aromatic heterocycles. The van der Waals surface area contributed by atoms with Crippen LogP contribution in [-0.4, -0.2) is 43.8 Å². The van der Waals surface area contributed by atoms with Gasteiger partial charge in [0.15, 0.2) is 0 Å². The molecule has 42 heavy (non-hydrogen) atoms. The number of sulfonamides is 1. The number of anilines is 1. The second kappa shape index (κ2) is 14.3. The first-order valence-electron chi connectivity index (χ1n) is 13.5. The molecule has 1 atom stereocenters. The zero-order chi connectivity index (χ0) is 30.4. The molecule has 224 valence electrons. The molecular formula is C30H31Cl4N3O4S. The van der Waals surface area contributed by atoms with E-state index >= 15 is 0 Å². The van der Waals surface area contributed by atoms with Gasteiger partial charge in [0.1, 0.15) is 12.6 Å². The van der Waals surface area contributed by atoms with E-state index in [4.69, 9.17) is 46.4 Å². The molecule has 4 rings (SSSR count). The molecule has 0 heterocycles. The molecule has 0 spiro atoms. The third kappa shape index (κ3) is 7.71. The number of amides is 2. The molecule has 0 bridgehead atoms. The maximum Gasteiger partial charge on any atom is 0.264 e. The standard InChI is InChI=1S/C30H31Cl4N3O4S/c1-20(30(39)35-22-9-4-2-5-10-22)36(18-21-15-16-24(31)26(33)17-21)28(38)19-37(27-14-8-13-25(32)29(27)34)42(40,41)23-11-6-3-7-12-23/h3,6-8,11-17,20,22H,2,4-5,9-10,18-19H2,1H3,(H,35,39)/t20-/m0/s1. The molecule has 1 saturated carbocycles. The number of nitrogens with one attached hydrogen (secondary N) is 1. The largest absolute Gasteiger partial charge is 0.352 e. The second-order valence-electron chi connectivity index (χ2n) is 10.2. The van der Waals surface area contributed by atoms with Crippen LogP contribution in [0.25, 0.3) is 0 Å². The molecule has 7 nitrogen and oxygen atoms in total. The summed E-state index contributed by atoms with van der Waals surface area (Å²) in [5.74, 6) is -0.948. The lowest BCUT2D eigenvalue weighted by Gasteiger charge is -2.33. The first kappa shape index (κ1) is 32.4. The summed E-state index contributed by atoms with van der Waals surface area (Å²) < 4.78 is 28.7. The first-order valence-corrected chi connectivity index (χ1v) is 16.5. The van der Waals surface area contributed by atoms with Gasteiger partial charge >= 0.3 is 0 Å². The summed E-state index contributed by atoms with van der Waals surface area (Å²) in [6, 6.07) is 16.3. The number of rotatable bonds is 10. The Bertz CT molecular complexity index is 1530. The van der Waals surface area contributed by atoms with E-state index in [2.05, 4.69) is 5.32 Å². The van der Waals surface area contributed by atoms with Gasteiger partial charge in [0.2, 0.25) is 11.8 Å². The minimum atomic E-state index is -4.27. The van der Waals surface area contributed by atoms with Gasteiger partial charge in [-0.05, 0) is 61.7 Å². The Morgan fingerprint density at radius 3 is 2.24 bits per heavy atom. The molecule has 1 aliphatic carbocycles. The number of carbonyl (C=O) groups is 2. The zero-order valence-electron chi connectivity index (χ0n) is 22.9.